The van der Waals surface area contributed by atoms with Crippen LogP contribution in [-0.4, -0.2) is 32.4 Å². The Kier molecular flexibility index (Phi) is 4.99. The number of rotatable bonds is 7. The lowest BCUT2D eigenvalue weighted by Crippen LogP contribution is -2.17. The third kappa shape index (κ3) is 5.04. The molecule has 106 valence electrons. The SMILES string of the molecule is COc1ccc(NS(=O)(=O)CCCC(=O)O)cc1N. The van der Waals surface area contributed by atoms with E-state index in [0.29, 0.717) is 17.1 Å². The van der Waals surface area contributed by atoms with Crippen LogP contribution in [0.4, 0.5) is 11.4 Å². The van der Waals surface area contributed by atoms with Crippen LogP contribution in [0.25, 0.3) is 0 Å². The number of nitrogens with one attached hydrogen (secondary N) is 1. The number of anilines is 2. The number of carboxylic acid groups (broad SMARTS) is 1. The number of nitrogens with two attached hydrogens (primary N) is 1. The maximum Gasteiger partial charge on any atom is 0.303 e. The first-order valence-corrected chi connectivity index (χ1v) is 7.15. The lowest BCUT2D eigenvalue weighted by Gasteiger charge is -2.10. The van der Waals surface area contributed by atoms with Gasteiger partial charge in [0.15, 0.2) is 0 Å². The predicted octanol–water partition coefficient (Wildman–Crippen LogP) is 0.884. The fourth-order valence-corrected chi connectivity index (χ4v) is 2.55. The van der Waals surface area contributed by atoms with Gasteiger partial charge in [0.25, 0.3) is 0 Å². The van der Waals surface area contributed by atoms with Gasteiger partial charge in [0.1, 0.15) is 5.75 Å². The molecule has 0 radical (unpaired) electrons. The van der Waals surface area contributed by atoms with Crippen molar-refractivity contribution in [2.24, 2.45) is 0 Å². The van der Waals surface area contributed by atoms with Gasteiger partial charge >= 0.3 is 5.97 Å². The molecule has 7 nitrogen and oxygen atoms in total. The van der Waals surface area contributed by atoms with Gasteiger partial charge in [-0.25, -0.2) is 8.42 Å². The van der Waals surface area contributed by atoms with E-state index in [1.54, 1.807) is 6.07 Å². The number of sulfonamides is 1. The van der Waals surface area contributed by atoms with Gasteiger partial charge in [-0.1, -0.05) is 0 Å². The number of aliphatic carboxylic acids is 1. The Morgan fingerprint density at radius 2 is 2.16 bits per heavy atom. The van der Waals surface area contributed by atoms with Gasteiger partial charge in [-0.15, -0.1) is 0 Å². The second-order valence-electron chi connectivity index (χ2n) is 3.87. The molecule has 0 saturated heterocycles. The van der Waals surface area contributed by atoms with Crippen molar-refractivity contribution in [2.75, 3.05) is 23.3 Å². The first-order chi connectivity index (χ1) is 8.84. The normalized spacial score (nSPS) is 11.0. The monoisotopic (exact) mass is 288 g/mol. The minimum atomic E-state index is -3.58. The number of methoxy groups -OCH3 is 1. The molecule has 0 amide bonds. The fraction of sp³-hybridized carbons (Fsp3) is 0.364. The molecule has 0 fully saturated rings. The third-order valence-corrected chi connectivity index (χ3v) is 3.68. The number of carboxylic acids is 1. The molecule has 8 heteroatoms. The number of hydrogen-bond acceptors (Lipinski definition) is 5. The third-order valence-electron chi connectivity index (χ3n) is 2.31. The van der Waals surface area contributed by atoms with E-state index in [9.17, 15) is 13.2 Å². The molecule has 0 aliphatic carbocycles. The number of benzene rings is 1. The molecule has 1 aromatic rings. The molecular formula is C11H16N2O5S. The summed E-state index contributed by atoms with van der Waals surface area (Å²) in [5.41, 5.74) is 6.28. The summed E-state index contributed by atoms with van der Waals surface area (Å²) in [6.45, 7) is 0. The summed E-state index contributed by atoms with van der Waals surface area (Å²) in [7, 11) is -2.12. The van der Waals surface area contributed by atoms with Crippen molar-refractivity contribution >= 4 is 27.4 Å². The zero-order chi connectivity index (χ0) is 14.5. The highest BCUT2D eigenvalue weighted by atomic mass is 32.2. The Bertz CT molecular complexity index is 556. The van der Waals surface area contributed by atoms with Gasteiger partial charge in [0.05, 0.1) is 24.2 Å². The topological polar surface area (TPSA) is 119 Å². The molecule has 0 spiro atoms. The Morgan fingerprint density at radius 1 is 1.47 bits per heavy atom. The van der Waals surface area contributed by atoms with E-state index in [0.717, 1.165) is 0 Å². The van der Waals surface area contributed by atoms with Gasteiger partial charge in [-0.2, -0.15) is 0 Å². The maximum absolute atomic E-state index is 11.7. The molecule has 0 unspecified atom stereocenters. The zero-order valence-electron chi connectivity index (χ0n) is 10.4. The molecule has 0 aromatic heterocycles. The Hall–Kier alpha value is -1.96. The van der Waals surface area contributed by atoms with E-state index in [2.05, 4.69) is 4.72 Å². The van der Waals surface area contributed by atoms with E-state index in [-0.39, 0.29) is 18.6 Å². The molecule has 0 bridgehead atoms. The Balaban J connectivity index is 2.67. The largest absolute Gasteiger partial charge is 0.495 e. The van der Waals surface area contributed by atoms with E-state index in [1.807, 2.05) is 0 Å². The van der Waals surface area contributed by atoms with Crippen molar-refractivity contribution in [2.45, 2.75) is 12.8 Å². The quantitative estimate of drug-likeness (QED) is 0.641. The minimum absolute atomic E-state index is 0.0519. The van der Waals surface area contributed by atoms with Crippen LogP contribution in [0.15, 0.2) is 18.2 Å². The van der Waals surface area contributed by atoms with Crippen LogP contribution in [-0.2, 0) is 14.8 Å². The fourth-order valence-electron chi connectivity index (χ4n) is 1.44. The lowest BCUT2D eigenvalue weighted by molar-refractivity contribution is -0.137. The Labute approximate surface area is 111 Å². The van der Waals surface area contributed by atoms with Gasteiger partial charge in [0, 0.05) is 6.42 Å². The average molecular weight is 288 g/mol. The van der Waals surface area contributed by atoms with Crippen molar-refractivity contribution < 1.29 is 23.1 Å². The van der Waals surface area contributed by atoms with E-state index < -0.39 is 16.0 Å². The summed E-state index contributed by atoms with van der Waals surface area (Å²) in [6.07, 6.45) is -0.137. The number of hydrogen-bond donors (Lipinski definition) is 3. The molecule has 0 aliphatic heterocycles. The van der Waals surface area contributed by atoms with Gasteiger partial charge in [0.2, 0.25) is 10.0 Å². The summed E-state index contributed by atoms with van der Waals surface area (Å²) in [4.78, 5) is 10.3. The van der Waals surface area contributed by atoms with Crippen molar-refractivity contribution in [3.05, 3.63) is 18.2 Å². The van der Waals surface area contributed by atoms with Gasteiger partial charge in [-0.05, 0) is 24.6 Å². The standard InChI is InChI=1S/C11H16N2O5S/c1-18-10-5-4-8(7-9(10)12)13-19(16,17)6-2-3-11(14)15/h4-5,7,13H,2-3,6,12H2,1H3,(H,14,15). The van der Waals surface area contributed by atoms with Gasteiger partial charge in [-0.3, -0.25) is 9.52 Å². The van der Waals surface area contributed by atoms with Crippen LogP contribution in [0.1, 0.15) is 12.8 Å². The lowest BCUT2D eigenvalue weighted by atomic mass is 10.2. The van der Waals surface area contributed by atoms with Crippen LogP contribution < -0.4 is 15.2 Å². The number of nitrogen functional groups attached to an aromatic ring is 1. The minimum Gasteiger partial charge on any atom is -0.495 e. The molecule has 19 heavy (non-hydrogen) atoms. The van der Waals surface area contributed by atoms with Crippen molar-refractivity contribution in [1.29, 1.82) is 0 Å². The van der Waals surface area contributed by atoms with Gasteiger partial charge < -0.3 is 15.6 Å². The highest BCUT2D eigenvalue weighted by Gasteiger charge is 2.12. The summed E-state index contributed by atoms with van der Waals surface area (Å²) >= 11 is 0. The van der Waals surface area contributed by atoms with Crippen LogP contribution >= 0.6 is 0 Å². The van der Waals surface area contributed by atoms with Crippen LogP contribution in [0.2, 0.25) is 0 Å². The summed E-state index contributed by atoms with van der Waals surface area (Å²) in [5, 5.41) is 8.45. The molecule has 4 N–H and O–H groups in total. The summed E-state index contributed by atoms with van der Waals surface area (Å²) in [5.74, 6) is -0.830. The maximum atomic E-state index is 11.7. The highest BCUT2D eigenvalue weighted by Crippen LogP contribution is 2.25. The Morgan fingerprint density at radius 3 is 2.68 bits per heavy atom. The highest BCUT2D eigenvalue weighted by molar-refractivity contribution is 7.92. The smallest absolute Gasteiger partial charge is 0.303 e. The number of carbonyl (C=O) groups is 1. The molecule has 0 aliphatic rings. The van der Waals surface area contributed by atoms with E-state index in [4.69, 9.17) is 15.6 Å². The molecule has 0 saturated carbocycles. The summed E-state index contributed by atoms with van der Waals surface area (Å²) < 4.78 is 30.6. The molecule has 0 heterocycles. The van der Waals surface area contributed by atoms with Crippen molar-refractivity contribution in [3.8, 4) is 5.75 Å². The molecule has 1 aromatic carbocycles. The van der Waals surface area contributed by atoms with E-state index >= 15 is 0 Å². The van der Waals surface area contributed by atoms with Crippen LogP contribution in [0.5, 0.6) is 5.75 Å². The van der Waals surface area contributed by atoms with E-state index in [1.165, 1.54) is 19.2 Å². The predicted molar refractivity (Wildman–Crippen MR) is 71.7 cm³/mol. The van der Waals surface area contributed by atoms with Crippen molar-refractivity contribution in [1.82, 2.24) is 0 Å². The second-order valence-corrected chi connectivity index (χ2v) is 5.72. The molecule has 1 rings (SSSR count). The molecular weight excluding hydrogens is 272 g/mol. The second kappa shape index (κ2) is 6.28. The van der Waals surface area contributed by atoms with Crippen molar-refractivity contribution in [3.63, 3.8) is 0 Å². The zero-order valence-corrected chi connectivity index (χ0v) is 11.2. The first-order valence-electron chi connectivity index (χ1n) is 5.50. The van der Waals surface area contributed by atoms with Crippen LogP contribution in [0, 0.1) is 0 Å². The van der Waals surface area contributed by atoms with Crippen LogP contribution in [0.3, 0.4) is 0 Å². The first kappa shape index (κ1) is 15.1. The number of ether oxygens (including phenoxy) is 1. The summed E-state index contributed by atoms with van der Waals surface area (Å²) in [6, 6.07) is 4.50. The molecule has 0 atom stereocenters. The average Bonchev–Trinajstić information content (AvgIpc) is 2.27.